The van der Waals surface area contributed by atoms with Crippen LogP contribution in [-0.4, -0.2) is 45.0 Å². The summed E-state index contributed by atoms with van der Waals surface area (Å²) in [5.74, 6) is 2.66. The number of anilines is 2. The van der Waals surface area contributed by atoms with E-state index < -0.39 is 0 Å². The Balaban J connectivity index is 1.23. The van der Waals surface area contributed by atoms with Crippen molar-refractivity contribution in [1.82, 2.24) is 38.9 Å². The highest BCUT2D eigenvalue weighted by molar-refractivity contribution is 5.81. The zero-order valence-corrected chi connectivity index (χ0v) is 19.9. The molecule has 0 aromatic carbocycles. The van der Waals surface area contributed by atoms with Crippen LogP contribution in [0.3, 0.4) is 0 Å². The Bertz CT molecular complexity index is 1610. The van der Waals surface area contributed by atoms with E-state index in [4.69, 9.17) is 19.6 Å². The number of nitrogens with one attached hydrogen (secondary N) is 1. The lowest BCUT2D eigenvalue weighted by atomic mass is 9.85. The maximum atomic E-state index is 6.29. The molecule has 0 amide bonds. The van der Waals surface area contributed by atoms with Crippen molar-refractivity contribution in [2.24, 2.45) is 7.05 Å². The number of rotatable bonds is 4. The van der Waals surface area contributed by atoms with Crippen LogP contribution in [0.5, 0.6) is 11.5 Å². The molecule has 1 saturated carbocycles. The Morgan fingerprint density at radius 3 is 2.89 bits per heavy atom. The van der Waals surface area contributed by atoms with Crippen LogP contribution in [0.4, 0.5) is 11.8 Å². The van der Waals surface area contributed by atoms with Gasteiger partial charge in [0.1, 0.15) is 11.1 Å². The SMILES string of the molecule is Cc1c(Oc2cnn3ccncc23)cnc2nc(Nc3cc4n(n3)C3CCC3OC4(C)C)n(C)c12. The lowest BCUT2D eigenvalue weighted by Gasteiger charge is -2.47. The third-order valence-electron chi connectivity index (χ3n) is 7.14. The van der Waals surface area contributed by atoms with Crippen LogP contribution in [0.15, 0.2) is 37.1 Å². The number of imidazole rings is 1. The summed E-state index contributed by atoms with van der Waals surface area (Å²) in [5, 5.41) is 12.6. The number of hydrogen-bond acceptors (Lipinski definition) is 8. The molecule has 5 aromatic rings. The van der Waals surface area contributed by atoms with Gasteiger partial charge < -0.3 is 19.4 Å². The van der Waals surface area contributed by atoms with E-state index in [2.05, 4.69) is 45.0 Å². The smallest absolute Gasteiger partial charge is 0.210 e. The zero-order valence-electron chi connectivity index (χ0n) is 19.9. The Kier molecular flexibility index (Phi) is 4.09. The number of nitrogens with zero attached hydrogens (tertiary/aromatic N) is 8. The predicted molar refractivity (Wildman–Crippen MR) is 128 cm³/mol. The fraction of sp³-hybridized carbons (Fsp3) is 0.375. The molecule has 11 nitrogen and oxygen atoms in total. The van der Waals surface area contributed by atoms with Crippen molar-refractivity contribution in [1.29, 1.82) is 0 Å². The highest BCUT2D eigenvalue weighted by Crippen LogP contribution is 2.46. The molecule has 1 N–H and O–H groups in total. The number of ether oxygens (including phenoxy) is 2. The van der Waals surface area contributed by atoms with Gasteiger partial charge in [-0.15, -0.1) is 0 Å². The van der Waals surface area contributed by atoms with Crippen molar-refractivity contribution < 1.29 is 9.47 Å². The number of aryl methyl sites for hydroxylation is 2. The van der Waals surface area contributed by atoms with Gasteiger partial charge in [0.05, 0.1) is 41.9 Å². The van der Waals surface area contributed by atoms with Crippen LogP contribution in [0.25, 0.3) is 16.7 Å². The summed E-state index contributed by atoms with van der Waals surface area (Å²) in [5.41, 5.74) is 3.92. The van der Waals surface area contributed by atoms with Crippen LogP contribution in [-0.2, 0) is 17.4 Å². The summed E-state index contributed by atoms with van der Waals surface area (Å²) in [6.07, 6.45) is 11.0. The van der Waals surface area contributed by atoms with Gasteiger partial charge in [0, 0.05) is 31.1 Å². The Morgan fingerprint density at radius 2 is 2.06 bits per heavy atom. The molecule has 1 fully saturated rings. The Labute approximate surface area is 200 Å². The van der Waals surface area contributed by atoms with E-state index in [-0.39, 0.29) is 11.7 Å². The van der Waals surface area contributed by atoms with Crippen molar-refractivity contribution in [2.45, 2.75) is 51.4 Å². The van der Waals surface area contributed by atoms with Gasteiger partial charge in [0.25, 0.3) is 0 Å². The molecular formula is C24H25N9O2. The molecule has 2 unspecified atom stereocenters. The zero-order chi connectivity index (χ0) is 23.9. The molecular weight excluding hydrogens is 446 g/mol. The van der Waals surface area contributed by atoms with Gasteiger partial charge >= 0.3 is 0 Å². The third kappa shape index (κ3) is 2.97. The van der Waals surface area contributed by atoms with Crippen molar-refractivity contribution in [3.8, 4) is 11.5 Å². The summed E-state index contributed by atoms with van der Waals surface area (Å²) >= 11 is 0. The van der Waals surface area contributed by atoms with Crippen molar-refractivity contribution >= 4 is 28.4 Å². The first kappa shape index (κ1) is 20.4. The van der Waals surface area contributed by atoms with E-state index in [1.54, 1.807) is 35.5 Å². The normalized spacial score (nSPS) is 20.5. The molecule has 2 aliphatic rings. The summed E-state index contributed by atoms with van der Waals surface area (Å²) in [7, 11) is 1.96. The molecule has 11 heteroatoms. The third-order valence-corrected chi connectivity index (χ3v) is 7.14. The van der Waals surface area contributed by atoms with Crippen LogP contribution in [0.1, 0.15) is 44.0 Å². The van der Waals surface area contributed by atoms with E-state index in [1.165, 1.54) is 0 Å². The van der Waals surface area contributed by atoms with Crippen LogP contribution < -0.4 is 10.1 Å². The first-order chi connectivity index (χ1) is 16.9. The van der Waals surface area contributed by atoms with Crippen LogP contribution in [0, 0.1) is 6.92 Å². The second-order valence-corrected chi connectivity index (χ2v) is 9.73. The summed E-state index contributed by atoms with van der Waals surface area (Å²) in [4.78, 5) is 13.5. The second-order valence-electron chi connectivity index (χ2n) is 9.73. The maximum Gasteiger partial charge on any atom is 0.210 e. The minimum atomic E-state index is -0.376. The van der Waals surface area contributed by atoms with E-state index in [0.29, 0.717) is 29.1 Å². The molecule has 7 rings (SSSR count). The number of hydrogen-bond donors (Lipinski definition) is 1. The lowest BCUT2D eigenvalue weighted by molar-refractivity contribution is -0.163. The van der Waals surface area contributed by atoms with Gasteiger partial charge in [-0.25, -0.2) is 9.50 Å². The first-order valence-corrected chi connectivity index (χ1v) is 11.7. The average Bonchev–Trinajstić information content (AvgIpc) is 3.50. The van der Waals surface area contributed by atoms with Crippen molar-refractivity contribution in [3.63, 3.8) is 0 Å². The molecule has 1 aliphatic heterocycles. The molecule has 178 valence electrons. The number of aromatic nitrogens is 8. The molecule has 0 bridgehead atoms. The summed E-state index contributed by atoms with van der Waals surface area (Å²) in [6.45, 7) is 6.20. The van der Waals surface area contributed by atoms with Crippen molar-refractivity contribution in [2.75, 3.05) is 5.32 Å². The van der Waals surface area contributed by atoms with Gasteiger partial charge in [-0.1, -0.05) is 0 Å². The molecule has 0 radical (unpaired) electrons. The lowest BCUT2D eigenvalue weighted by Crippen LogP contribution is -2.48. The average molecular weight is 472 g/mol. The highest BCUT2D eigenvalue weighted by atomic mass is 16.5. The predicted octanol–water partition coefficient (Wildman–Crippen LogP) is 4.02. The van der Waals surface area contributed by atoms with Gasteiger partial charge in [-0.2, -0.15) is 15.2 Å². The summed E-state index contributed by atoms with van der Waals surface area (Å²) in [6, 6.07) is 2.37. The van der Waals surface area contributed by atoms with Crippen LogP contribution in [0.2, 0.25) is 0 Å². The first-order valence-electron chi connectivity index (χ1n) is 11.7. The maximum absolute atomic E-state index is 6.29. The minimum absolute atomic E-state index is 0.246. The molecule has 0 spiro atoms. The Hall–Kier alpha value is -3.99. The van der Waals surface area contributed by atoms with E-state index in [1.807, 2.05) is 18.5 Å². The minimum Gasteiger partial charge on any atom is -0.451 e. The fourth-order valence-electron chi connectivity index (χ4n) is 5.13. The topological polar surface area (TPSA) is 109 Å². The van der Waals surface area contributed by atoms with Crippen molar-refractivity contribution in [3.05, 3.63) is 48.3 Å². The largest absolute Gasteiger partial charge is 0.451 e. The molecule has 1 aliphatic carbocycles. The summed E-state index contributed by atoms with van der Waals surface area (Å²) < 4.78 is 18.3. The van der Waals surface area contributed by atoms with E-state index in [9.17, 15) is 0 Å². The highest BCUT2D eigenvalue weighted by Gasteiger charge is 2.46. The van der Waals surface area contributed by atoms with E-state index >= 15 is 0 Å². The van der Waals surface area contributed by atoms with Gasteiger partial charge in [0.2, 0.25) is 5.95 Å². The second kappa shape index (κ2) is 7.01. The molecule has 5 aromatic heterocycles. The number of fused-ring (bicyclic) bond motifs is 5. The van der Waals surface area contributed by atoms with Gasteiger partial charge in [-0.3, -0.25) is 9.67 Å². The van der Waals surface area contributed by atoms with Gasteiger partial charge in [0.15, 0.2) is 23.0 Å². The molecule has 35 heavy (non-hydrogen) atoms. The quantitative estimate of drug-likeness (QED) is 0.419. The molecule has 2 atom stereocenters. The van der Waals surface area contributed by atoms with Crippen LogP contribution >= 0.6 is 0 Å². The Morgan fingerprint density at radius 1 is 1.17 bits per heavy atom. The monoisotopic (exact) mass is 471 g/mol. The fourth-order valence-corrected chi connectivity index (χ4v) is 5.13. The standard InChI is InChI=1S/C24H25N9O2/c1-13-17(34-18-12-27-32-8-7-25-10-15(18)32)11-26-22-21(13)31(4)23(29-22)28-20-9-19-24(2,3)35-16-6-5-14(16)33(19)30-20/h7-12,14,16H,5-6H2,1-4H3,(H,26,28,29,30). The van der Waals surface area contributed by atoms with Gasteiger partial charge in [-0.05, 0) is 33.6 Å². The molecule has 0 saturated heterocycles. The molecule has 6 heterocycles. The van der Waals surface area contributed by atoms with E-state index in [0.717, 1.165) is 41.0 Å². The number of pyridine rings is 1.